The van der Waals surface area contributed by atoms with Crippen molar-refractivity contribution in [2.24, 2.45) is 4.99 Å². The predicted molar refractivity (Wildman–Crippen MR) is 125 cm³/mol. The van der Waals surface area contributed by atoms with E-state index in [1.54, 1.807) is 14.2 Å². The summed E-state index contributed by atoms with van der Waals surface area (Å²) in [6.07, 6.45) is 4.08. The van der Waals surface area contributed by atoms with Crippen molar-refractivity contribution in [2.45, 2.75) is 32.4 Å². The van der Waals surface area contributed by atoms with Gasteiger partial charge in [-0.2, -0.15) is 0 Å². The maximum absolute atomic E-state index is 12.6. The molecule has 1 N–H and O–H groups in total. The van der Waals surface area contributed by atoms with Crippen LogP contribution in [0.4, 0.5) is 0 Å². The number of carbonyl (C=O) groups is 1. The van der Waals surface area contributed by atoms with Crippen LogP contribution in [0.5, 0.6) is 5.88 Å². The molecule has 2 aliphatic heterocycles. The van der Waals surface area contributed by atoms with Crippen LogP contribution in [0.25, 0.3) is 0 Å². The second-order valence-corrected chi connectivity index (χ2v) is 7.34. The van der Waals surface area contributed by atoms with Crippen molar-refractivity contribution in [3.05, 3.63) is 23.9 Å². The fraction of sp³-hybridized carbons (Fsp3) is 0.650. The number of guanidine groups is 1. The average molecular weight is 516 g/mol. The molecule has 0 radical (unpaired) electrons. The number of hydrogen-bond donors (Lipinski definition) is 1. The molecule has 0 saturated carbocycles. The molecule has 1 amide bonds. The number of aromatic nitrogens is 1. The Bertz CT molecular complexity index is 670. The minimum Gasteiger partial charge on any atom is -0.481 e. The Balaban J connectivity index is 0.00000300. The Labute approximate surface area is 190 Å². The number of nitrogens with zero attached hydrogens (tertiary/aromatic N) is 5. The molecule has 2 saturated heterocycles. The van der Waals surface area contributed by atoms with Gasteiger partial charge < -0.3 is 19.9 Å². The Hall–Kier alpha value is -1.62. The van der Waals surface area contributed by atoms with E-state index in [-0.39, 0.29) is 35.9 Å². The van der Waals surface area contributed by atoms with Crippen molar-refractivity contribution in [1.82, 2.24) is 25.0 Å². The van der Waals surface area contributed by atoms with Gasteiger partial charge in [-0.15, -0.1) is 24.0 Å². The molecule has 1 aromatic rings. The van der Waals surface area contributed by atoms with Crippen LogP contribution in [-0.2, 0) is 11.3 Å². The first kappa shape index (κ1) is 23.7. The molecule has 3 heterocycles. The first-order chi connectivity index (χ1) is 13.6. The van der Waals surface area contributed by atoms with E-state index in [4.69, 9.17) is 4.74 Å². The minimum absolute atomic E-state index is 0. The van der Waals surface area contributed by atoms with Gasteiger partial charge in [0, 0.05) is 65.1 Å². The summed E-state index contributed by atoms with van der Waals surface area (Å²) in [6.45, 7) is 7.99. The maximum atomic E-state index is 12.6. The summed E-state index contributed by atoms with van der Waals surface area (Å²) in [6, 6.07) is 3.81. The van der Waals surface area contributed by atoms with Crippen LogP contribution >= 0.6 is 24.0 Å². The van der Waals surface area contributed by atoms with E-state index in [2.05, 4.69) is 25.1 Å². The van der Waals surface area contributed by atoms with Gasteiger partial charge in [0.05, 0.1) is 13.2 Å². The second kappa shape index (κ2) is 11.5. The zero-order valence-electron chi connectivity index (χ0n) is 17.6. The fourth-order valence-electron chi connectivity index (χ4n) is 3.83. The SMILES string of the molecule is CN=C(NCc1ccc(OC)nc1)N1CCN(C(C)C(=O)N2CCCC2)CC1.I. The Kier molecular flexibility index (Phi) is 9.41. The zero-order chi connectivity index (χ0) is 19.9. The molecule has 0 aliphatic carbocycles. The van der Waals surface area contributed by atoms with E-state index in [0.29, 0.717) is 12.4 Å². The molecule has 3 rings (SSSR count). The third kappa shape index (κ3) is 6.18. The largest absolute Gasteiger partial charge is 0.481 e. The maximum Gasteiger partial charge on any atom is 0.239 e. The first-order valence-corrected chi connectivity index (χ1v) is 10.1. The third-order valence-electron chi connectivity index (χ3n) is 5.61. The molecule has 8 nitrogen and oxygen atoms in total. The van der Waals surface area contributed by atoms with E-state index in [1.165, 1.54) is 0 Å². The van der Waals surface area contributed by atoms with Crippen LogP contribution in [0.1, 0.15) is 25.3 Å². The molecular formula is C20H33IN6O2. The summed E-state index contributed by atoms with van der Waals surface area (Å²) < 4.78 is 5.09. The molecule has 29 heavy (non-hydrogen) atoms. The number of nitrogens with one attached hydrogen (secondary N) is 1. The van der Waals surface area contributed by atoms with Crippen molar-refractivity contribution in [2.75, 3.05) is 53.4 Å². The van der Waals surface area contributed by atoms with Gasteiger partial charge in [-0.05, 0) is 25.3 Å². The van der Waals surface area contributed by atoms with Gasteiger partial charge in [-0.25, -0.2) is 4.98 Å². The highest BCUT2D eigenvalue weighted by Crippen LogP contribution is 2.14. The van der Waals surface area contributed by atoms with Crippen LogP contribution in [0.2, 0.25) is 0 Å². The molecule has 1 atom stereocenters. The average Bonchev–Trinajstić information content (AvgIpc) is 3.29. The highest BCUT2D eigenvalue weighted by atomic mass is 127. The first-order valence-electron chi connectivity index (χ1n) is 10.1. The van der Waals surface area contributed by atoms with Crippen molar-refractivity contribution in [1.29, 1.82) is 0 Å². The molecule has 2 fully saturated rings. The van der Waals surface area contributed by atoms with E-state index >= 15 is 0 Å². The molecule has 2 aliphatic rings. The van der Waals surface area contributed by atoms with Gasteiger partial charge in [0.2, 0.25) is 11.8 Å². The minimum atomic E-state index is -0.0411. The number of hydrogen-bond acceptors (Lipinski definition) is 5. The monoisotopic (exact) mass is 516 g/mol. The summed E-state index contributed by atoms with van der Waals surface area (Å²) in [5, 5.41) is 3.41. The number of aliphatic imine (C=N–C) groups is 1. The van der Waals surface area contributed by atoms with Gasteiger partial charge in [0.25, 0.3) is 0 Å². The van der Waals surface area contributed by atoms with Crippen LogP contribution < -0.4 is 10.1 Å². The van der Waals surface area contributed by atoms with Crippen molar-refractivity contribution >= 4 is 35.8 Å². The number of likely N-dealkylation sites (tertiary alicyclic amines) is 1. The molecule has 0 aromatic carbocycles. The number of amides is 1. The lowest BCUT2D eigenvalue weighted by atomic mass is 10.2. The Morgan fingerprint density at radius 3 is 2.41 bits per heavy atom. The lowest BCUT2D eigenvalue weighted by Gasteiger charge is -2.39. The molecule has 1 aromatic heterocycles. The smallest absolute Gasteiger partial charge is 0.239 e. The number of carbonyl (C=O) groups excluding carboxylic acids is 1. The number of rotatable bonds is 5. The summed E-state index contributed by atoms with van der Waals surface area (Å²) in [5.74, 6) is 1.77. The van der Waals surface area contributed by atoms with Gasteiger partial charge in [-0.1, -0.05) is 6.07 Å². The van der Waals surface area contributed by atoms with Crippen LogP contribution in [0.3, 0.4) is 0 Å². The molecule has 0 bridgehead atoms. The zero-order valence-corrected chi connectivity index (χ0v) is 20.0. The van der Waals surface area contributed by atoms with E-state index in [0.717, 1.165) is 63.6 Å². The fourth-order valence-corrected chi connectivity index (χ4v) is 3.83. The highest BCUT2D eigenvalue weighted by molar-refractivity contribution is 14.0. The summed E-state index contributed by atoms with van der Waals surface area (Å²) in [7, 11) is 3.42. The number of halogens is 1. The second-order valence-electron chi connectivity index (χ2n) is 7.34. The quantitative estimate of drug-likeness (QED) is 0.363. The topological polar surface area (TPSA) is 73.3 Å². The lowest BCUT2D eigenvalue weighted by molar-refractivity contribution is -0.135. The third-order valence-corrected chi connectivity index (χ3v) is 5.61. The molecule has 1 unspecified atom stereocenters. The number of ether oxygens (including phenoxy) is 1. The molecule has 0 spiro atoms. The van der Waals surface area contributed by atoms with E-state index in [9.17, 15) is 4.79 Å². The normalized spacial score (nSPS) is 18.9. The lowest BCUT2D eigenvalue weighted by Crippen LogP contribution is -2.57. The summed E-state index contributed by atoms with van der Waals surface area (Å²) in [4.78, 5) is 27.9. The molecule has 162 valence electrons. The Morgan fingerprint density at radius 1 is 1.17 bits per heavy atom. The number of pyridine rings is 1. The standard InChI is InChI=1S/C20H32N6O2.HI/c1-16(19(27)25-8-4-5-9-25)24-10-12-26(13-11-24)20(21-2)23-15-17-6-7-18(28-3)22-14-17;/h6-7,14,16H,4-5,8-13,15H2,1-3H3,(H,21,23);1H. The van der Waals surface area contributed by atoms with Gasteiger partial charge in [0.15, 0.2) is 5.96 Å². The molecular weight excluding hydrogens is 483 g/mol. The van der Waals surface area contributed by atoms with Gasteiger partial charge in [0.1, 0.15) is 0 Å². The highest BCUT2D eigenvalue weighted by Gasteiger charge is 2.30. The van der Waals surface area contributed by atoms with E-state index in [1.807, 2.05) is 30.2 Å². The molecule has 9 heteroatoms. The number of methoxy groups -OCH3 is 1. The van der Waals surface area contributed by atoms with Crippen LogP contribution in [0.15, 0.2) is 23.3 Å². The van der Waals surface area contributed by atoms with Gasteiger partial charge >= 0.3 is 0 Å². The van der Waals surface area contributed by atoms with Crippen LogP contribution in [-0.4, -0.2) is 91.0 Å². The predicted octanol–water partition coefficient (Wildman–Crippen LogP) is 1.41. The van der Waals surface area contributed by atoms with Gasteiger partial charge in [-0.3, -0.25) is 14.7 Å². The van der Waals surface area contributed by atoms with Crippen molar-refractivity contribution < 1.29 is 9.53 Å². The number of piperazine rings is 1. The van der Waals surface area contributed by atoms with E-state index < -0.39 is 0 Å². The Morgan fingerprint density at radius 2 is 1.86 bits per heavy atom. The van der Waals surface area contributed by atoms with Crippen LogP contribution in [0, 0.1) is 0 Å². The van der Waals surface area contributed by atoms with Crippen molar-refractivity contribution in [3.8, 4) is 5.88 Å². The van der Waals surface area contributed by atoms with Crippen molar-refractivity contribution in [3.63, 3.8) is 0 Å². The summed E-state index contributed by atoms with van der Waals surface area (Å²) in [5.41, 5.74) is 1.07. The summed E-state index contributed by atoms with van der Waals surface area (Å²) >= 11 is 0.